The Morgan fingerprint density at radius 2 is 1.94 bits per heavy atom. The van der Waals surface area contributed by atoms with Gasteiger partial charge < -0.3 is 0 Å². The van der Waals surface area contributed by atoms with Gasteiger partial charge in [0.25, 0.3) is 0 Å². The maximum absolute atomic E-state index is 11.9. The minimum Gasteiger partial charge on any atom is -0.300 e. The summed E-state index contributed by atoms with van der Waals surface area (Å²) in [5.41, 5.74) is 0.162. The Morgan fingerprint density at radius 3 is 2.44 bits per heavy atom. The first-order valence-corrected chi connectivity index (χ1v) is 6.82. The van der Waals surface area contributed by atoms with Gasteiger partial charge in [-0.15, -0.1) is 0 Å². The lowest BCUT2D eigenvalue weighted by atomic mass is 9.65. The third-order valence-electron chi connectivity index (χ3n) is 4.48. The molecule has 1 aliphatic carbocycles. The van der Waals surface area contributed by atoms with Crippen LogP contribution in [0.5, 0.6) is 0 Å². The summed E-state index contributed by atoms with van der Waals surface area (Å²) in [4.78, 5) is 34.8. The molecular weight excluding hydrogens is 228 g/mol. The number of Topliss-reactive ketones (excluding diaryl/α,β-unsaturated/α-hetero) is 3. The van der Waals surface area contributed by atoms with Crippen molar-refractivity contribution in [1.82, 2.24) is 0 Å². The average Bonchev–Trinajstić information content (AvgIpc) is 2.28. The molecule has 0 aromatic carbocycles. The normalized spacial score (nSPS) is 25.0. The van der Waals surface area contributed by atoms with Crippen molar-refractivity contribution in [3.63, 3.8) is 0 Å². The lowest BCUT2D eigenvalue weighted by Gasteiger charge is -2.38. The van der Waals surface area contributed by atoms with Crippen molar-refractivity contribution >= 4 is 17.3 Å². The quantitative estimate of drug-likeness (QED) is 0.707. The fraction of sp³-hybridized carbons (Fsp3) is 0.800. The first kappa shape index (κ1) is 15.1. The molecule has 0 spiro atoms. The van der Waals surface area contributed by atoms with E-state index in [9.17, 15) is 14.4 Å². The van der Waals surface area contributed by atoms with Crippen molar-refractivity contribution in [1.29, 1.82) is 0 Å². The Morgan fingerprint density at radius 1 is 1.33 bits per heavy atom. The molecule has 0 radical (unpaired) electrons. The molecule has 102 valence electrons. The smallest absolute Gasteiger partial charge is 0.150 e. The van der Waals surface area contributed by atoms with E-state index >= 15 is 0 Å². The third kappa shape index (κ3) is 3.50. The maximum Gasteiger partial charge on any atom is 0.150 e. The first-order valence-electron chi connectivity index (χ1n) is 6.82. The Labute approximate surface area is 109 Å². The van der Waals surface area contributed by atoms with Crippen molar-refractivity contribution in [2.45, 2.75) is 59.8 Å². The fourth-order valence-corrected chi connectivity index (χ4v) is 2.70. The molecule has 0 amide bonds. The van der Waals surface area contributed by atoms with Crippen LogP contribution in [0.2, 0.25) is 0 Å². The molecule has 0 heterocycles. The topological polar surface area (TPSA) is 51.2 Å². The first-order chi connectivity index (χ1) is 8.27. The molecule has 1 rings (SSSR count). The molecule has 0 N–H and O–H groups in total. The molecule has 2 unspecified atom stereocenters. The summed E-state index contributed by atoms with van der Waals surface area (Å²) in [5, 5.41) is 0. The van der Waals surface area contributed by atoms with Crippen LogP contribution in [0.15, 0.2) is 0 Å². The summed E-state index contributed by atoms with van der Waals surface area (Å²) >= 11 is 0. The number of rotatable bonds is 5. The standard InChI is InChI=1S/C15H24O3/c1-5-15(3,4)11-6-7-13(17)12(9-11)14(18)8-10(2)16/h11-12H,5-9H2,1-4H3. The van der Waals surface area contributed by atoms with Crippen LogP contribution in [-0.4, -0.2) is 17.3 Å². The van der Waals surface area contributed by atoms with Gasteiger partial charge in [-0.25, -0.2) is 0 Å². The van der Waals surface area contributed by atoms with Crippen LogP contribution >= 0.6 is 0 Å². The van der Waals surface area contributed by atoms with E-state index in [2.05, 4.69) is 20.8 Å². The number of ketones is 3. The highest BCUT2D eigenvalue weighted by molar-refractivity contribution is 6.09. The molecule has 0 aromatic heterocycles. The predicted octanol–water partition coefficient (Wildman–Crippen LogP) is 2.96. The van der Waals surface area contributed by atoms with Crippen LogP contribution in [0, 0.1) is 17.3 Å². The molecule has 0 aliphatic heterocycles. The summed E-state index contributed by atoms with van der Waals surface area (Å²) in [7, 11) is 0. The number of carbonyl (C=O) groups excluding carboxylic acids is 3. The van der Waals surface area contributed by atoms with Crippen LogP contribution in [0.4, 0.5) is 0 Å². The van der Waals surface area contributed by atoms with E-state index in [1.54, 1.807) is 0 Å². The van der Waals surface area contributed by atoms with E-state index in [-0.39, 0.29) is 29.2 Å². The monoisotopic (exact) mass is 252 g/mol. The van der Waals surface area contributed by atoms with E-state index in [0.717, 1.165) is 12.8 Å². The zero-order chi connectivity index (χ0) is 13.9. The molecule has 0 saturated heterocycles. The minimum absolute atomic E-state index is 0.0319. The van der Waals surface area contributed by atoms with Crippen molar-refractivity contribution in [3.05, 3.63) is 0 Å². The molecule has 0 aromatic rings. The van der Waals surface area contributed by atoms with Gasteiger partial charge in [-0.1, -0.05) is 27.2 Å². The predicted molar refractivity (Wildman–Crippen MR) is 70.2 cm³/mol. The lowest BCUT2D eigenvalue weighted by Crippen LogP contribution is -2.37. The van der Waals surface area contributed by atoms with Crippen LogP contribution in [0.3, 0.4) is 0 Å². The minimum atomic E-state index is -0.529. The van der Waals surface area contributed by atoms with Gasteiger partial charge in [0.15, 0.2) is 5.78 Å². The Hall–Kier alpha value is -0.990. The highest BCUT2D eigenvalue weighted by Crippen LogP contribution is 2.41. The fourth-order valence-electron chi connectivity index (χ4n) is 2.70. The average molecular weight is 252 g/mol. The maximum atomic E-state index is 11.9. The summed E-state index contributed by atoms with van der Waals surface area (Å²) in [6, 6.07) is 0. The highest BCUT2D eigenvalue weighted by atomic mass is 16.2. The Kier molecular flexibility index (Phi) is 4.83. The SMILES string of the molecule is CCC(C)(C)C1CCC(=O)C(C(=O)CC(C)=O)C1. The van der Waals surface area contributed by atoms with Gasteiger partial charge >= 0.3 is 0 Å². The van der Waals surface area contributed by atoms with Crippen LogP contribution in [0.25, 0.3) is 0 Å². The molecule has 3 heteroatoms. The number of hydrogen-bond acceptors (Lipinski definition) is 3. The van der Waals surface area contributed by atoms with Gasteiger partial charge in [-0.3, -0.25) is 14.4 Å². The van der Waals surface area contributed by atoms with Gasteiger partial charge in [0.1, 0.15) is 11.6 Å². The summed E-state index contributed by atoms with van der Waals surface area (Å²) in [6.45, 7) is 7.93. The lowest BCUT2D eigenvalue weighted by molar-refractivity contribution is -0.137. The van der Waals surface area contributed by atoms with Crippen molar-refractivity contribution < 1.29 is 14.4 Å². The zero-order valence-electron chi connectivity index (χ0n) is 11.9. The van der Waals surface area contributed by atoms with Gasteiger partial charge in [0.2, 0.25) is 0 Å². The number of hydrogen-bond donors (Lipinski definition) is 0. The third-order valence-corrected chi connectivity index (χ3v) is 4.48. The molecule has 0 bridgehead atoms. The van der Waals surface area contributed by atoms with Crippen molar-refractivity contribution in [3.8, 4) is 0 Å². The summed E-state index contributed by atoms with van der Waals surface area (Å²) in [6.07, 6.45) is 2.95. The van der Waals surface area contributed by atoms with Crippen molar-refractivity contribution in [2.24, 2.45) is 17.3 Å². The second-order valence-corrected chi connectivity index (χ2v) is 6.18. The zero-order valence-corrected chi connectivity index (χ0v) is 11.9. The van der Waals surface area contributed by atoms with E-state index in [1.807, 2.05) is 0 Å². The largest absolute Gasteiger partial charge is 0.300 e. The van der Waals surface area contributed by atoms with E-state index < -0.39 is 5.92 Å². The van der Waals surface area contributed by atoms with Gasteiger partial charge in [-0.2, -0.15) is 0 Å². The molecule has 1 saturated carbocycles. The molecular formula is C15H24O3. The molecule has 3 nitrogen and oxygen atoms in total. The second-order valence-electron chi connectivity index (χ2n) is 6.18. The Balaban J connectivity index is 2.76. The van der Waals surface area contributed by atoms with Crippen LogP contribution in [-0.2, 0) is 14.4 Å². The molecule has 1 fully saturated rings. The van der Waals surface area contributed by atoms with E-state index in [4.69, 9.17) is 0 Å². The van der Waals surface area contributed by atoms with Crippen LogP contribution in [0.1, 0.15) is 59.8 Å². The Bertz CT molecular complexity index is 355. The van der Waals surface area contributed by atoms with Crippen molar-refractivity contribution in [2.75, 3.05) is 0 Å². The van der Waals surface area contributed by atoms with E-state index in [0.29, 0.717) is 18.8 Å². The second kappa shape index (κ2) is 5.77. The van der Waals surface area contributed by atoms with Gasteiger partial charge in [-0.05, 0) is 31.1 Å². The highest BCUT2D eigenvalue weighted by Gasteiger charge is 2.39. The molecule has 18 heavy (non-hydrogen) atoms. The van der Waals surface area contributed by atoms with Crippen LogP contribution < -0.4 is 0 Å². The van der Waals surface area contributed by atoms with Gasteiger partial charge in [0, 0.05) is 6.42 Å². The number of carbonyl (C=O) groups is 3. The molecule has 1 aliphatic rings. The van der Waals surface area contributed by atoms with E-state index in [1.165, 1.54) is 6.92 Å². The van der Waals surface area contributed by atoms with Gasteiger partial charge in [0.05, 0.1) is 12.3 Å². The summed E-state index contributed by atoms with van der Waals surface area (Å²) < 4.78 is 0. The molecule has 2 atom stereocenters. The summed E-state index contributed by atoms with van der Waals surface area (Å²) in [5.74, 6) is -0.419.